The number of methoxy groups -OCH3 is 1. The second-order valence-corrected chi connectivity index (χ2v) is 4.81. The highest BCUT2D eigenvalue weighted by molar-refractivity contribution is 14.0. The Labute approximate surface area is 147 Å². The molecule has 0 radical (unpaired) electrons. The lowest BCUT2D eigenvalue weighted by atomic mass is 10.2. The molecule has 0 amide bonds. The zero-order valence-electron chi connectivity index (χ0n) is 12.7. The lowest BCUT2D eigenvalue weighted by Crippen LogP contribution is -2.40. The van der Waals surface area contributed by atoms with E-state index in [0.717, 1.165) is 17.1 Å². The summed E-state index contributed by atoms with van der Waals surface area (Å²) in [6, 6.07) is 10.2. The third-order valence-electron chi connectivity index (χ3n) is 2.92. The molecule has 6 nitrogen and oxygen atoms in total. The van der Waals surface area contributed by atoms with E-state index in [1.807, 2.05) is 37.3 Å². The smallest absolute Gasteiger partial charge is 0.189 e. The number of nitrogens with zero attached hydrogens (tertiary/aromatic N) is 2. The van der Waals surface area contributed by atoms with E-state index in [4.69, 9.17) is 10.5 Å². The third kappa shape index (κ3) is 5.64. The van der Waals surface area contributed by atoms with Gasteiger partial charge in [0.2, 0.25) is 0 Å². The monoisotopic (exact) mass is 415 g/mol. The van der Waals surface area contributed by atoms with Gasteiger partial charge in [0.25, 0.3) is 0 Å². The van der Waals surface area contributed by atoms with Gasteiger partial charge >= 0.3 is 0 Å². The second-order valence-electron chi connectivity index (χ2n) is 4.81. The van der Waals surface area contributed by atoms with Crippen LogP contribution in [0.3, 0.4) is 0 Å². The first-order valence-corrected chi connectivity index (χ1v) is 6.83. The molecule has 7 heteroatoms. The van der Waals surface area contributed by atoms with Crippen molar-refractivity contribution < 1.29 is 4.74 Å². The summed E-state index contributed by atoms with van der Waals surface area (Å²) in [4.78, 5) is 11.8. The first kappa shape index (κ1) is 18.4. The summed E-state index contributed by atoms with van der Waals surface area (Å²) in [6.07, 6.45) is 1.80. The molecule has 22 heavy (non-hydrogen) atoms. The van der Waals surface area contributed by atoms with Crippen LogP contribution in [0, 0.1) is 0 Å². The van der Waals surface area contributed by atoms with Crippen LogP contribution in [0.15, 0.2) is 41.5 Å². The topological polar surface area (TPSA) is 88.3 Å². The van der Waals surface area contributed by atoms with Gasteiger partial charge in [-0.05, 0) is 12.5 Å². The van der Waals surface area contributed by atoms with Crippen LogP contribution in [0.5, 0.6) is 0 Å². The van der Waals surface area contributed by atoms with Crippen LogP contribution in [0.4, 0.5) is 0 Å². The zero-order chi connectivity index (χ0) is 15.1. The summed E-state index contributed by atoms with van der Waals surface area (Å²) in [5.74, 6) is 1.16. The van der Waals surface area contributed by atoms with E-state index >= 15 is 0 Å². The van der Waals surface area contributed by atoms with Crippen LogP contribution >= 0.6 is 24.0 Å². The zero-order valence-corrected chi connectivity index (χ0v) is 15.1. The number of imidazole rings is 1. The molecule has 0 spiro atoms. The van der Waals surface area contributed by atoms with Crippen molar-refractivity contribution >= 4 is 29.9 Å². The predicted octanol–water partition coefficient (Wildman–Crippen LogP) is 2.13. The molecular formula is C15H22IN5O. The molecule has 0 saturated heterocycles. The molecule has 0 aliphatic heterocycles. The van der Waals surface area contributed by atoms with E-state index in [1.54, 1.807) is 13.3 Å². The quantitative estimate of drug-likeness (QED) is 0.383. The van der Waals surface area contributed by atoms with Crippen molar-refractivity contribution in [2.45, 2.75) is 19.5 Å². The maximum atomic E-state index is 5.81. The van der Waals surface area contributed by atoms with Gasteiger partial charge in [-0.15, -0.1) is 24.0 Å². The Kier molecular flexibility index (Phi) is 7.89. The van der Waals surface area contributed by atoms with Crippen molar-refractivity contribution in [3.63, 3.8) is 0 Å². The van der Waals surface area contributed by atoms with Gasteiger partial charge in [0, 0.05) is 13.2 Å². The van der Waals surface area contributed by atoms with Crippen molar-refractivity contribution in [3.8, 4) is 11.3 Å². The Hall–Kier alpha value is -1.61. The first-order valence-electron chi connectivity index (χ1n) is 6.83. The van der Waals surface area contributed by atoms with Gasteiger partial charge in [-0.1, -0.05) is 30.3 Å². The largest absolute Gasteiger partial charge is 0.383 e. The van der Waals surface area contributed by atoms with E-state index in [-0.39, 0.29) is 30.0 Å². The van der Waals surface area contributed by atoms with Crippen LogP contribution in [0.1, 0.15) is 12.7 Å². The number of aromatic amines is 1. The number of aromatic nitrogens is 2. The fraction of sp³-hybridized carbons (Fsp3) is 0.333. The number of halogens is 1. The molecule has 1 heterocycles. The van der Waals surface area contributed by atoms with Crippen LogP contribution < -0.4 is 11.1 Å². The van der Waals surface area contributed by atoms with Crippen LogP contribution in [-0.2, 0) is 11.3 Å². The average molecular weight is 415 g/mol. The molecule has 1 unspecified atom stereocenters. The molecule has 0 fully saturated rings. The van der Waals surface area contributed by atoms with Crippen molar-refractivity contribution in [1.29, 1.82) is 0 Å². The van der Waals surface area contributed by atoms with Crippen LogP contribution in [0.25, 0.3) is 11.3 Å². The Morgan fingerprint density at radius 2 is 2.14 bits per heavy atom. The standard InChI is InChI=1S/C15H21N5O.HI/c1-11(10-21-2)19-15(16)18-9-14-17-8-13(20-14)12-6-4-3-5-7-12;/h3-8,11H,9-10H2,1-2H3,(H,17,20)(H3,16,18,19);1H. The molecule has 4 N–H and O–H groups in total. The van der Waals surface area contributed by atoms with E-state index in [0.29, 0.717) is 19.1 Å². The molecule has 0 bridgehead atoms. The number of nitrogens with one attached hydrogen (secondary N) is 2. The fourth-order valence-electron chi connectivity index (χ4n) is 1.96. The first-order chi connectivity index (χ1) is 10.2. The number of hydrogen-bond donors (Lipinski definition) is 3. The van der Waals surface area contributed by atoms with Crippen LogP contribution in [0.2, 0.25) is 0 Å². The Morgan fingerprint density at radius 3 is 2.82 bits per heavy atom. The van der Waals surface area contributed by atoms with Gasteiger partial charge in [0.1, 0.15) is 12.4 Å². The number of rotatable bonds is 6. The van der Waals surface area contributed by atoms with Gasteiger partial charge in [-0.25, -0.2) is 9.98 Å². The summed E-state index contributed by atoms with van der Waals surface area (Å²) in [5.41, 5.74) is 7.88. The molecule has 0 saturated carbocycles. The normalized spacial score (nSPS) is 12.5. The van der Waals surface area contributed by atoms with Crippen LogP contribution in [-0.4, -0.2) is 35.7 Å². The average Bonchev–Trinajstić information content (AvgIpc) is 2.95. The van der Waals surface area contributed by atoms with Crippen molar-refractivity contribution in [2.24, 2.45) is 10.7 Å². The number of benzene rings is 1. The molecule has 0 aliphatic rings. The minimum Gasteiger partial charge on any atom is -0.383 e. The number of nitrogens with two attached hydrogens (primary N) is 1. The fourth-order valence-corrected chi connectivity index (χ4v) is 1.96. The van der Waals surface area contributed by atoms with Crippen molar-refractivity contribution in [2.75, 3.05) is 13.7 Å². The third-order valence-corrected chi connectivity index (χ3v) is 2.92. The lowest BCUT2D eigenvalue weighted by Gasteiger charge is -2.12. The molecule has 120 valence electrons. The van der Waals surface area contributed by atoms with Gasteiger partial charge in [0.05, 0.1) is 18.5 Å². The molecular weight excluding hydrogens is 393 g/mol. The minimum atomic E-state index is 0. The van der Waals surface area contributed by atoms with Gasteiger partial charge < -0.3 is 20.8 Å². The molecule has 2 rings (SSSR count). The molecule has 2 aromatic rings. The minimum absolute atomic E-state index is 0. The Balaban J connectivity index is 0.00000242. The number of guanidine groups is 1. The van der Waals surface area contributed by atoms with E-state index < -0.39 is 0 Å². The highest BCUT2D eigenvalue weighted by Gasteiger charge is 2.04. The Bertz CT molecular complexity index is 585. The summed E-state index contributed by atoms with van der Waals surface area (Å²) in [6.45, 7) is 2.97. The lowest BCUT2D eigenvalue weighted by molar-refractivity contribution is 0.179. The van der Waals surface area contributed by atoms with E-state index in [9.17, 15) is 0 Å². The maximum absolute atomic E-state index is 5.81. The number of aliphatic imine (C=N–C) groups is 1. The SMILES string of the molecule is COCC(C)NC(N)=NCc1ncc(-c2ccccc2)[nH]1.I. The molecule has 1 aromatic carbocycles. The number of H-pyrrole nitrogens is 1. The summed E-state index contributed by atoms with van der Waals surface area (Å²) >= 11 is 0. The molecule has 0 aliphatic carbocycles. The predicted molar refractivity (Wildman–Crippen MR) is 99.2 cm³/mol. The highest BCUT2D eigenvalue weighted by Crippen LogP contribution is 2.16. The highest BCUT2D eigenvalue weighted by atomic mass is 127. The van der Waals surface area contributed by atoms with E-state index in [1.165, 1.54) is 0 Å². The van der Waals surface area contributed by atoms with Crippen molar-refractivity contribution in [3.05, 3.63) is 42.4 Å². The van der Waals surface area contributed by atoms with Gasteiger partial charge in [-0.2, -0.15) is 0 Å². The summed E-state index contributed by atoms with van der Waals surface area (Å²) in [5, 5.41) is 3.05. The Morgan fingerprint density at radius 1 is 1.41 bits per heavy atom. The summed E-state index contributed by atoms with van der Waals surface area (Å²) in [7, 11) is 1.65. The number of hydrogen-bond acceptors (Lipinski definition) is 3. The van der Waals surface area contributed by atoms with Crippen molar-refractivity contribution in [1.82, 2.24) is 15.3 Å². The van der Waals surface area contributed by atoms with Gasteiger partial charge in [-0.3, -0.25) is 0 Å². The van der Waals surface area contributed by atoms with Gasteiger partial charge in [0.15, 0.2) is 5.96 Å². The second kappa shape index (κ2) is 9.42. The summed E-state index contributed by atoms with van der Waals surface area (Å²) < 4.78 is 5.03. The number of ether oxygens (including phenoxy) is 1. The molecule has 1 atom stereocenters. The molecule has 1 aromatic heterocycles. The van der Waals surface area contributed by atoms with E-state index in [2.05, 4.69) is 20.3 Å². The maximum Gasteiger partial charge on any atom is 0.189 e.